The third kappa shape index (κ3) is 3.68. The first-order valence-corrected chi connectivity index (χ1v) is 7.94. The van der Waals surface area contributed by atoms with Crippen LogP contribution in [0.1, 0.15) is 0 Å². The molecule has 2 aromatic rings. The summed E-state index contributed by atoms with van der Waals surface area (Å²) in [7, 11) is 4.11. The monoisotopic (exact) mass is 294 g/mol. The summed E-state index contributed by atoms with van der Waals surface area (Å²) in [6.07, 6.45) is 1.92. The van der Waals surface area contributed by atoms with E-state index >= 15 is 0 Å². The maximum Gasteiger partial charge on any atom is 0.191 e. The number of hydrogen-bond acceptors (Lipinski definition) is 5. The fourth-order valence-electron chi connectivity index (χ4n) is 1.67. The Balaban J connectivity index is 1.93. The van der Waals surface area contributed by atoms with Crippen LogP contribution in [0.4, 0.5) is 0 Å². The molecule has 0 unspecified atom stereocenters. The zero-order chi connectivity index (χ0) is 13.7. The molecule has 0 saturated heterocycles. The van der Waals surface area contributed by atoms with E-state index in [0.717, 1.165) is 34.7 Å². The zero-order valence-corrected chi connectivity index (χ0v) is 12.9. The SMILES string of the molecule is C=CCN(C)CCSc1nnc(-c2cccs2)n1C. The molecule has 6 heteroatoms. The molecular weight excluding hydrogens is 276 g/mol. The second-order valence-electron chi connectivity index (χ2n) is 4.24. The Morgan fingerprint density at radius 1 is 1.53 bits per heavy atom. The van der Waals surface area contributed by atoms with Gasteiger partial charge >= 0.3 is 0 Å². The predicted molar refractivity (Wildman–Crippen MR) is 82.7 cm³/mol. The molecule has 0 fully saturated rings. The van der Waals surface area contributed by atoms with Gasteiger partial charge in [0.1, 0.15) is 0 Å². The lowest BCUT2D eigenvalue weighted by Gasteiger charge is -2.12. The number of thioether (sulfide) groups is 1. The van der Waals surface area contributed by atoms with E-state index in [0.29, 0.717) is 0 Å². The number of thiophene rings is 1. The van der Waals surface area contributed by atoms with E-state index < -0.39 is 0 Å². The van der Waals surface area contributed by atoms with Gasteiger partial charge in [0.15, 0.2) is 11.0 Å². The van der Waals surface area contributed by atoms with Crippen molar-refractivity contribution in [3.8, 4) is 10.7 Å². The summed E-state index contributed by atoms with van der Waals surface area (Å²) in [4.78, 5) is 3.39. The largest absolute Gasteiger partial charge is 0.305 e. The highest BCUT2D eigenvalue weighted by molar-refractivity contribution is 7.99. The summed E-state index contributed by atoms with van der Waals surface area (Å²) in [6, 6.07) is 4.10. The van der Waals surface area contributed by atoms with Crippen LogP contribution in [0.15, 0.2) is 35.3 Å². The molecule has 0 aromatic carbocycles. The average Bonchev–Trinajstić information content (AvgIpc) is 3.00. The molecule has 0 radical (unpaired) electrons. The molecule has 2 heterocycles. The Kier molecular flexibility index (Phi) is 5.18. The summed E-state index contributed by atoms with van der Waals surface area (Å²) < 4.78 is 2.06. The van der Waals surface area contributed by atoms with Crippen molar-refractivity contribution in [3.05, 3.63) is 30.2 Å². The van der Waals surface area contributed by atoms with Crippen molar-refractivity contribution in [2.45, 2.75) is 5.16 Å². The van der Waals surface area contributed by atoms with E-state index in [1.165, 1.54) is 0 Å². The van der Waals surface area contributed by atoms with Crippen LogP contribution in [0.25, 0.3) is 10.7 Å². The topological polar surface area (TPSA) is 34.0 Å². The molecule has 0 N–H and O–H groups in total. The summed E-state index contributed by atoms with van der Waals surface area (Å²) in [5.41, 5.74) is 0. The molecule has 0 saturated carbocycles. The molecule has 2 aromatic heterocycles. The second-order valence-corrected chi connectivity index (χ2v) is 6.25. The Labute approximate surface area is 122 Å². The maximum atomic E-state index is 4.27. The predicted octanol–water partition coefficient (Wildman–Crippen LogP) is 2.75. The van der Waals surface area contributed by atoms with Crippen LogP contribution in [-0.2, 0) is 7.05 Å². The Morgan fingerprint density at radius 2 is 2.37 bits per heavy atom. The van der Waals surface area contributed by atoms with Crippen LogP contribution >= 0.6 is 23.1 Å². The van der Waals surface area contributed by atoms with E-state index in [2.05, 4.69) is 44.7 Å². The van der Waals surface area contributed by atoms with Crippen molar-refractivity contribution in [2.24, 2.45) is 7.05 Å². The van der Waals surface area contributed by atoms with Crippen LogP contribution in [0.2, 0.25) is 0 Å². The minimum atomic E-state index is 0.916. The molecule has 4 nitrogen and oxygen atoms in total. The minimum absolute atomic E-state index is 0.916. The van der Waals surface area contributed by atoms with E-state index in [9.17, 15) is 0 Å². The van der Waals surface area contributed by atoms with Gasteiger partial charge in [-0.3, -0.25) is 0 Å². The summed E-state index contributed by atoms with van der Waals surface area (Å²) in [5, 5.41) is 11.5. The average molecular weight is 294 g/mol. The molecular formula is C13H18N4S2. The highest BCUT2D eigenvalue weighted by Gasteiger charge is 2.11. The number of nitrogens with zero attached hydrogens (tertiary/aromatic N) is 4. The van der Waals surface area contributed by atoms with E-state index in [1.807, 2.05) is 19.2 Å². The number of hydrogen-bond donors (Lipinski definition) is 0. The highest BCUT2D eigenvalue weighted by Crippen LogP contribution is 2.25. The fraction of sp³-hybridized carbons (Fsp3) is 0.385. The first-order chi connectivity index (χ1) is 9.22. The van der Waals surface area contributed by atoms with Gasteiger partial charge in [0.05, 0.1) is 4.88 Å². The number of rotatable bonds is 7. The van der Waals surface area contributed by atoms with Crippen molar-refractivity contribution in [3.63, 3.8) is 0 Å². The quantitative estimate of drug-likeness (QED) is 0.581. The van der Waals surface area contributed by atoms with E-state index in [-0.39, 0.29) is 0 Å². The molecule has 0 atom stereocenters. The van der Waals surface area contributed by atoms with Crippen LogP contribution in [0.3, 0.4) is 0 Å². The lowest BCUT2D eigenvalue weighted by molar-refractivity contribution is 0.396. The Hall–Kier alpha value is -1.11. The van der Waals surface area contributed by atoms with Gasteiger partial charge in [-0.05, 0) is 18.5 Å². The van der Waals surface area contributed by atoms with E-state index in [1.54, 1.807) is 23.1 Å². The van der Waals surface area contributed by atoms with Crippen molar-refractivity contribution in [1.29, 1.82) is 0 Å². The van der Waals surface area contributed by atoms with Crippen LogP contribution < -0.4 is 0 Å². The third-order valence-corrected chi connectivity index (χ3v) is 4.59. The first-order valence-electron chi connectivity index (χ1n) is 6.08. The second kappa shape index (κ2) is 6.88. The summed E-state index contributed by atoms with van der Waals surface area (Å²) in [5.74, 6) is 1.94. The molecule has 0 aliphatic carbocycles. The first kappa shape index (κ1) is 14.3. The minimum Gasteiger partial charge on any atom is -0.305 e. The van der Waals surface area contributed by atoms with Crippen molar-refractivity contribution in [2.75, 3.05) is 25.9 Å². The molecule has 0 aliphatic heterocycles. The molecule has 102 valence electrons. The van der Waals surface area contributed by atoms with Crippen LogP contribution in [-0.4, -0.2) is 45.6 Å². The summed E-state index contributed by atoms with van der Waals surface area (Å²) in [6.45, 7) is 5.67. The standard InChI is InChI=1S/C13H18N4S2/c1-4-7-16(2)8-10-19-13-15-14-12(17(13)3)11-6-5-9-18-11/h4-6,9H,1,7-8,10H2,2-3H3. The lowest BCUT2D eigenvalue weighted by Crippen LogP contribution is -2.21. The van der Waals surface area contributed by atoms with Gasteiger partial charge in [0.25, 0.3) is 0 Å². The molecule has 2 rings (SSSR count). The maximum absolute atomic E-state index is 4.27. The molecule has 0 spiro atoms. The molecule has 0 aliphatic rings. The van der Waals surface area contributed by atoms with Crippen molar-refractivity contribution >= 4 is 23.1 Å². The van der Waals surface area contributed by atoms with Crippen LogP contribution in [0, 0.1) is 0 Å². The molecule has 19 heavy (non-hydrogen) atoms. The highest BCUT2D eigenvalue weighted by atomic mass is 32.2. The summed E-state index contributed by atoms with van der Waals surface area (Å²) >= 11 is 3.42. The van der Waals surface area contributed by atoms with E-state index in [4.69, 9.17) is 0 Å². The third-order valence-electron chi connectivity index (χ3n) is 2.72. The van der Waals surface area contributed by atoms with Gasteiger partial charge in [-0.15, -0.1) is 28.1 Å². The number of aromatic nitrogens is 3. The van der Waals surface area contributed by atoms with Gasteiger partial charge < -0.3 is 9.47 Å². The zero-order valence-electron chi connectivity index (χ0n) is 11.2. The van der Waals surface area contributed by atoms with Gasteiger partial charge in [-0.25, -0.2) is 0 Å². The Morgan fingerprint density at radius 3 is 3.05 bits per heavy atom. The fourth-order valence-corrected chi connectivity index (χ4v) is 3.37. The van der Waals surface area contributed by atoms with Gasteiger partial charge in [0, 0.05) is 25.9 Å². The Bertz CT molecular complexity index is 519. The molecule has 0 bridgehead atoms. The lowest BCUT2D eigenvalue weighted by atomic mass is 10.4. The van der Waals surface area contributed by atoms with Crippen LogP contribution in [0.5, 0.6) is 0 Å². The van der Waals surface area contributed by atoms with Crippen molar-refractivity contribution < 1.29 is 0 Å². The van der Waals surface area contributed by atoms with Gasteiger partial charge in [0.2, 0.25) is 0 Å². The van der Waals surface area contributed by atoms with Crippen molar-refractivity contribution in [1.82, 2.24) is 19.7 Å². The normalized spacial score (nSPS) is 11.1. The van der Waals surface area contributed by atoms with Gasteiger partial charge in [-0.2, -0.15) is 0 Å². The van der Waals surface area contributed by atoms with Gasteiger partial charge in [-0.1, -0.05) is 23.9 Å². The number of likely N-dealkylation sites (N-methyl/N-ethyl adjacent to an activating group) is 1. The molecule has 0 amide bonds. The smallest absolute Gasteiger partial charge is 0.191 e.